The lowest BCUT2D eigenvalue weighted by atomic mass is 10.1. The number of nitrogens with one attached hydrogen (secondary N) is 1. The Kier molecular flexibility index (Phi) is 6.44. The summed E-state index contributed by atoms with van der Waals surface area (Å²) in [6.45, 7) is 9.09. The summed E-state index contributed by atoms with van der Waals surface area (Å²) in [5.41, 5.74) is 0.680. The fourth-order valence-corrected chi connectivity index (χ4v) is 1.68. The monoisotopic (exact) mass is 251 g/mol. The Morgan fingerprint density at radius 3 is 2.89 bits per heavy atom. The molecule has 0 radical (unpaired) electrons. The minimum Gasteiger partial charge on any atom is -0.493 e. The van der Waals surface area contributed by atoms with Gasteiger partial charge in [-0.25, -0.2) is 4.39 Å². The molecule has 0 spiro atoms. The molecule has 2 nitrogen and oxygen atoms in total. The molecular weight excluding hydrogens is 229 g/mol. The van der Waals surface area contributed by atoms with Gasteiger partial charge < -0.3 is 10.1 Å². The number of rotatable bonds is 8. The first-order valence-electron chi connectivity index (χ1n) is 6.45. The molecule has 18 heavy (non-hydrogen) atoms. The molecule has 0 saturated heterocycles. The fourth-order valence-electron chi connectivity index (χ4n) is 1.68. The molecule has 0 aliphatic heterocycles. The van der Waals surface area contributed by atoms with Crippen molar-refractivity contribution in [2.24, 2.45) is 0 Å². The number of hydrogen-bond acceptors (Lipinski definition) is 2. The van der Waals surface area contributed by atoms with Gasteiger partial charge in [0.15, 0.2) is 0 Å². The van der Waals surface area contributed by atoms with E-state index >= 15 is 0 Å². The first-order valence-corrected chi connectivity index (χ1v) is 6.45. The molecule has 1 N–H and O–H groups in total. The molecule has 0 fully saturated rings. The third-order valence-corrected chi connectivity index (χ3v) is 2.73. The highest BCUT2D eigenvalue weighted by Crippen LogP contribution is 2.22. The van der Waals surface area contributed by atoms with Crippen LogP contribution in [0.4, 0.5) is 4.39 Å². The summed E-state index contributed by atoms with van der Waals surface area (Å²) in [6.07, 6.45) is 3.58. The zero-order valence-electron chi connectivity index (χ0n) is 11.2. The van der Waals surface area contributed by atoms with Gasteiger partial charge in [0, 0.05) is 17.7 Å². The number of ether oxygens (including phenoxy) is 1. The highest BCUT2D eigenvalue weighted by molar-refractivity contribution is 5.30. The average Bonchev–Trinajstić information content (AvgIpc) is 2.36. The van der Waals surface area contributed by atoms with Crippen molar-refractivity contribution in [1.82, 2.24) is 5.32 Å². The van der Waals surface area contributed by atoms with Gasteiger partial charge in [-0.1, -0.05) is 19.1 Å². The van der Waals surface area contributed by atoms with Gasteiger partial charge in [0.1, 0.15) is 11.6 Å². The molecule has 0 amide bonds. The molecule has 1 unspecified atom stereocenters. The Bertz CT molecular complexity index is 379. The molecule has 0 aromatic heterocycles. The van der Waals surface area contributed by atoms with Gasteiger partial charge >= 0.3 is 0 Å². The smallest absolute Gasteiger partial charge is 0.131 e. The first-order chi connectivity index (χ1) is 8.69. The van der Waals surface area contributed by atoms with Crippen LogP contribution < -0.4 is 10.1 Å². The largest absolute Gasteiger partial charge is 0.493 e. The van der Waals surface area contributed by atoms with Crippen LogP contribution in [0, 0.1) is 5.82 Å². The van der Waals surface area contributed by atoms with Gasteiger partial charge in [-0.3, -0.25) is 0 Å². The van der Waals surface area contributed by atoms with Gasteiger partial charge in [0.2, 0.25) is 0 Å². The van der Waals surface area contributed by atoms with Crippen LogP contribution >= 0.6 is 0 Å². The predicted molar refractivity (Wildman–Crippen MR) is 73.4 cm³/mol. The Balaban J connectivity index is 2.63. The maximum Gasteiger partial charge on any atom is 0.131 e. The minimum absolute atomic E-state index is 0.0205. The maximum absolute atomic E-state index is 13.9. The van der Waals surface area contributed by atoms with E-state index in [1.807, 2.05) is 13.0 Å². The molecule has 1 aromatic carbocycles. The van der Waals surface area contributed by atoms with Gasteiger partial charge in [-0.2, -0.15) is 0 Å². The molecule has 1 atom stereocenters. The molecule has 1 aromatic rings. The quantitative estimate of drug-likeness (QED) is 0.560. The van der Waals surface area contributed by atoms with Crippen LogP contribution in [0.2, 0.25) is 0 Å². The van der Waals surface area contributed by atoms with Crippen molar-refractivity contribution in [2.75, 3.05) is 13.2 Å². The van der Waals surface area contributed by atoms with E-state index in [0.717, 1.165) is 19.4 Å². The van der Waals surface area contributed by atoms with Crippen LogP contribution in [0.3, 0.4) is 0 Å². The maximum atomic E-state index is 13.9. The van der Waals surface area contributed by atoms with Crippen LogP contribution in [0.25, 0.3) is 0 Å². The summed E-state index contributed by atoms with van der Waals surface area (Å²) in [4.78, 5) is 0. The van der Waals surface area contributed by atoms with Crippen molar-refractivity contribution in [1.29, 1.82) is 0 Å². The average molecular weight is 251 g/mol. The molecule has 0 heterocycles. The third-order valence-electron chi connectivity index (χ3n) is 2.73. The van der Waals surface area contributed by atoms with Gasteiger partial charge in [-0.05, 0) is 32.4 Å². The summed E-state index contributed by atoms with van der Waals surface area (Å²) in [7, 11) is 0. The summed E-state index contributed by atoms with van der Waals surface area (Å²) in [5, 5.41) is 3.27. The van der Waals surface area contributed by atoms with E-state index in [1.54, 1.807) is 12.1 Å². The van der Waals surface area contributed by atoms with Crippen molar-refractivity contribution < 1.29 is 9.13 Å². The lowest BCUT2D eigenvalue weighted by Crippen LogP contribution is -2.20. The van der Waals surface area contributed by atoms with Crippen LogP contribution in [-0.2, 0) is 0 Å². The Hall–Kier alpha value is -1.35. The van der Waals surface area contributed by atoms with E-state index in [2.05, 4.69) is 18.8 Å². The highest BCUT2D eigenvalue weighted by Gasteiger charge is 2.10. The predicted octanol–water partition coefficient (Wildman–Crippen LogP) is 3.84. The van der Waals surface area contributed by atoms with Crippen molar-refractivity contribution in [2.45, 2.75) is 32.7 Å². The van der Waals surface area contributed by atoms with Crippen molar-refractivity contribution in [3.05, 3.63) is 42.2 Å². The lowest BCUT2D eigenvalue weighted by Gasteiger charge is -2.15. The van der Waals surface area contributed by atoms with Crippen LogP contribution in [-0.4, -0.2) is 13.2 Å². The minimum atomic E-state index is -0.220. The topological polar surface area (TPSA) is 21.3 Å². The van der Waals surface area contributed by atoms with E-state index < -0.39 is 0 Å². The Morgan fingerprint density at radius 2 is 2.28 bits per heavy atom. The summed E-state index contributed by atoms with van der Waals surface area (Å²) < 4.78 is 19.3. The second kappa shape index (κ2) is 7.88. The van der Waals surface area contributed by atoms with Crippen molar-refractivity contribution in [3.8, 4) is 5.75 Å². The summed E-state index contributed by atoms with van der Waals surface area (Å²) in [6, 6.07) is 5.06. The molecular formula is C15H22FNO. The Morgan fingerprint density at radius 1 is 1.50 bits per heavy atom. The van der Waals surface area contributed by atoms with E-state index in [0.29, 0.717) is 17.9 Å². The van der Waals surface area contributed by atoms with E-state index in [4.69, 9.17) is 4.74 Å². The molecule has 0 aliphatic rings. The zero-order valence-corrected chi connectivity index (χ0v) is 11.2. The third kappa shape index (κ3) is 4.49. The summed E-state index contributed by atoms with van der Waals surface area (Å²) >= 11 is 0. The SMILES string of the molecule is C=CCCOc1ccc(C(C)NCCC)c(F)c1. The van der Waals surface area contributed by atoms with Gasteiger partial charge in [0.05, 0.1) is 6.61 Å². The molecule has 0 saturated carbocycles. The molecule has 0 aliphatic carbocycles. The highest BCUT2D eigenvalue weighted by atomic mass is 19.1. The molecule has 100 valence electrons. The standard InChI is InChI=1S/C15H22FNO/c1-4-6-10-18-13-7-8-14(15(16)11-13)12(3)17-9-5-2/h4,7-8,11-12,17H,1,5-6,9-10H2,2-3H3. The van der Waals surface area contributed by atoms with E-state index in [1.165, 1.54) is 6.07 Å². The molecule has 1 rings (SSSR count). The van der Waals surface area contributed by atoms with Crippen LogP contribution in [0.15, 0.2) is 30.9 Å². The zero-order chi connectivity index (χ0) is 13.4. The fraction of sp³-hybridized carbons (Fsp3) is 0.467. The second-order valence-electron chi connectivity index (χ2n) is 4.28. The van der Waals surface area contributed by atoms with Gasteiger partial charge in [0.25, 0.3) is 0 Å². The normalized spacial score (nSPS) is 12.2. The van der Waals surface area contributed by atoms with E-state index in [9.17, 15) is 4.39 Å². The molecule has 3 heteroatoms. The lowest BCUT2D eigenvalue weighted by molar-refractivity contribution is 0.322. The van der Waals surface area contributed by atoms with Crippen LogP contribution in [0.1, 0.15) is 38.3 Å². The molecule has 0 bridgehead atoms. The van der Waals surface area contributed by atoms with Gasteiger partial charge in [-0.15, -0.1) is 6.58 Å². The summed E-state index contributed by atoms with van der Waals surface area (Å²) in [5.74, 6) is 0.350. The van der Waals surface area contributed by atoms with E-state index in [-0.39, 0.29) is 11.9 Å². The number of hydrogen-bond donors (Lipinski definition) is 1. The first kappa shape index (κ1) is 14.7. The van der Waals surface area contributed by atoms with Crippen LogP contribution in [0.5, 0.6) is 5.75 Å². The number of benzene rings is 1. The second-order valence-corrected chi connectivity index (χ2v) is 4.28. The van der Waals surface area contributed by atoms with Crippen molar-refractivity contribution >= 4 is 0 Å². The van der Waals surface area contributed by atoms with Crippen molar-refractivity contribution in [3.63, 3.8) is 0 Å². The number of halogens is 1. The Labute approximate surface area is 109 Å².